The van der Waals surface area contributed by atoms with Crippen LogP contribution >= 0.6 is 0 Å². The van der Waals surface area contributed by atoms with Crippen LogP contribution in [0.1, 0.15) is 28.4 Å². The smallest absolute Gasteiger partial charge is 0.308 e. The van der Waals surface area contributed by atoms with Crippen molar-refractivity contribution in [3.05, 3.63) is 95.6 Å². The van der Waals surface area contributed by atoms with E-state index in [9.17, 15) is 14.4 Å². The van der Waals surface area contributed by atoms with Crippen LogP contribution < -0.4 is 15.4 Å². The topological polar surface area (TPSA) is 84.5 Å². The van der Waals surface area contributed by atoms with Crippen molar-refractivity contribution in [2.75, 3.05) is 5.32 Å². The van der Waals surface area contributed by atoms with E-state index in [1.165, 1.54) is 13.0 Å². The van der Waals surface area contributed by atoms with Gasteiger partial charge in [-0.15, -0.1) is 0 Å². The Labute approximate surface area is 174 Å². The molecule has 3 aromatic rings. The normalized spacial score (nSPS) is 10.2. The van der Waals surface area contributed by atoms with Crippen molar-refractivity contribution >= 4 is 23.5 Å². The Kier molecular flexibility index (Phi) is 6.95. The standard InChI is InChI=1S/C24H22N2O4/c1-17(27)30-21-12-7-11-19(15-21)24(29)26-22-13-6-5-10-20(22)16-25-23(28)14-18-8-3-2-4-9-18/h2-13,15H,14,16H2,1H3,(H,25,28)(H,26,29). The van der Waals surface area contributed by atoms with Gasteiger partial charge in [0, 0.05) is 24.7 Å². The molecule has 2 N–H and O–H groups in total. The van der Waals surface area contributed by atoms with Gasteiger partial charge in [-0.3, -0.25) is 14.4 Å². The molecule has 2 amide bonds. The Hall–Kier alpha value is -3.93. The van der Waals surface area contributed by atoms with E-state index in [2.05, 4.69) is 10.6 Å². The molecule has 0 spiro atoms. The minimum absolute atomic E-state index is 0.101. The summed E-state index contributed by atoms with van der Waals surface area (Å²) >= 11 is 0. The van der Waals surface area contributed by atoms with Crippen LogP contribution in [0.2, 0.25) is 0 Å². The average Bonchev–Trinajstić information content (AvgIpc) is 2.73. The largest absolute Gasteiger partial charge is 0.427 e. The predicted molar refractivity (Wildman–Crippen MR) is 114 cm³/mol. The number of nitrogens with one attached hydrogen (secondary N) is 2. The number of rotatable bonds is 7. The summed E-state index contributed by atoms with van der Waals surface area (Å²) in [7, 11) is 0. The number of carbonyl (C=O) groups excluding carboxylic acids is 3. The number of benzene rings is 3. The van der Waals surface area contributed by atoms with Gasteiger partial charge in [-0.2, -0.15) is 0 Å². The number of ether oxygens (including phenoxy) is 1. The van der Waals surface area contributed by atoms with Crippen LogP contribution in [0.15, 0.2) is 78.9 Å². The van der Waals surface area contributed by atoms with Gasteiger partial charge in [0.15, 0.2) is 0 Å². The third-order valence-corrected chi connectivity index (χ3v) is 4.31. The highest BCUT2D eigenvalue weighted by atomic mass is 16.5. The summed E-state index contributed by atoms with van der Waals surface area (Å²) < 4.78 is 5.03. The molecule has 6 heteroatoms. The minimum Gasteiger partial charge on any atom is -0.427 e. The van der Waals surface area contributed by atoms with E-state index in [1.54, 1.807) is 30.3 Å². The summed E-state index contributed by atoms with van der Waals surface area (Å²) in [5.41, 5.74) is 2.67. The highest BCUT2D eigenvalue weighted by molar-refractivity contribution is 6.05. The molecule has 0 unspecified atom stereocenters. The molecule has 0 aliphatic heterocycles. The van der Waals surface area contributed by atoms with Crippen molar-refractivity contribution in [2.24, 2.45) is 0 Å². The fourth-order valence-corrected chi connectivity index (χ4v) is 2.90. The SMILES string of the molecule is CC(=O)Oc1cccc(C(=O)Nc2ccccc2CNC(=O)Cc2ccccc2)c1. The number of anilines is 1. The third kappa shape index (κ3) is 6.04. The van der Waals surface area contributed by atoms with Gasteiger partial charge in [0.25, 0.3) is 5.91 Å². The molecule has 0 aromatic heterocycles. The highest BCUT2D eigenvalue weighted by Crippen LogP contribution is 2.18. The number of amides is 2. The monoisotopic (exact) mass is 402 g/mol. The van der Waals surface area contributed by atoms with Crippen molar-refractivity contribution in [1.82, 2.24) is 5.32 Å². The zero-order valence-electron chi connectivity index (χ0n) is 16.6. The van der Waals surface area contributed by atoms with Gasteiger partial charge in [0.05, 0.1) is 6.42 Å². The Morgan fingerprint density at radius 2 is 1.60 bits per heavy atom. The highest BCUT2D eigenvalue weighted by Gasteiger charge is 2.11. The first kappa shape index (κ1) is 20.8. The van der Waals surface area contributed by atoms with Crippen LogP contribution in [0.25, 0.3) is 0 Å². The summed E-state index contributed by atoms with van der Waals surface area (Å²) in [6.07, 6.45) is 0.290. The van der Waals surface area contributed by atoms with Gasteiger partial charge >= 0.3 is 5.97 Å². The van der Waals surface area contributed by atoms with Crippen molar-refractivity contribution < 1.29 is 19.1 Å². The Balaban J connectivity index is 1.64. The molecule has 0 aliphatic rings. The van der Waals surface area contributed by atoms with Gasteiger partial charge < -0.3 is 15.4 Å². The minimum atomic E-state index is -0.454. The first-order valence-electron chi connectivity index (χ1n) is 9.49. The molecule has 0 atom stereocenters. The summed E-state index contributed by atoms with van der Waals surface area (Å²) in [4.78, 5) is 36.0. The molecule has 3 aromatic carbocycles. The van der Waals surface area contributed by atoms with Crippen molar-refractivity contribution in [1.29, 1.82) is 0 Å². The average molecular weight is 402 g/mol. The predicted octanol–water partition coefficient (Wildman–Crippen LogP) is 3.72. The molecule has 30 heavy (non-hydrogen) atoms. The van der Waals surface area contributed by atoms with E-state index < -0.39 is 5.97 Å². The maximum absolute atomic E-state index is 12.6. The first-order valence-corrected chi connectivity index (χ1v) is 9.49. The molecule has 0 saturated carbocycles. The molecule has 0 saturated heterocycles. The number of para-hydroxylation sites is 1. The van der Waals surface area contributed by atoms with Crippen LogP contribution in [0.5, 0.6) is 5.75 Å². The quantitative estimate of drug-likeness (QED) is 0.466. The summed E-state index contributed by atoms with van der Waals surface area (Å²) in [5, 5.41) is 5.73. The Morgan fingerprint density at radius 1 is 0.867 bits per heavy atom. The van der Waals surface area contributed by atoms with Gasteiger partial charge in [0.2, 0.25) is 5.91 Å². The van der Waals surface area contributed by atoms with Crippen LogP contribution in [-0.4, -0.2) is 17.8 Å². The number of carbonyl (C=O) groups is 3. The molecule has 3 rings (SSSR count). The van der Waals surface area contributed by atoms with E-state index >= 15 is 0 Å². The maximum atomic E-state index is 12.6. The van der Waals surface area contributed by atoms with E-state index in [-0.39, 0.29) is 24.8 Å². The van der Waals surface area contributed by atoms with Gasteiger partial charge in [-0.1, -0.05) is 54.6 Å². The fourth-order valence-electron chi connectivity index (χ4n) is 2.90. The number of hydrogen-bond acceptors (Lipinski definition) is 4. The van der Waals surface area contributed by atoms with Crippen molar-refractivity contribution in [3.8, 4) is 5.75 Å². The molecule has 0 heterocycles. The summed E-state index contributed by atoms with van der Waals surface area (Å²) in [5.74, 6) is -0.593. The molecule has 0 radical (unpaired) electrons. The zero-order chi connectivity index (χ0) is 21.3. The van der Waals surface area contributed by atoms with Crippen LogP contribution in [0.3, 0.4) is 0 Å². The number of esters is 1. The van der Waals surface area contributed by atoms with Crippen molar-refractivity contribution in [3.63, 3.8) is 0 Å². The zero-order valence-corrected chi connectivity index (χ0v) is 16.6. The lowest BCUT2D eigenvalue weighted by Gasteiger charge is -2.12. The molecule has 0 bridgehead atoms. The molecule has 6 nitrogen and oxygen atoms in total. The van der Waals surface area contributed by atoms with Crippen LogP contribution in [0, 0.1) is 0 Å². The van der Waals surface area contributed by atoms with Gasteiger partial charge in [0.1, 0.15) is 5.75 Å². The molecular weight excluding hydrogens is 380 g/mol. The maximum Gasteiger partial charge on any atom is 0.308 e. The van der Waals surface area contributed by atoms with E-state index in [0.29, 0.717) is 17.0 Å². The van der Waals surface area contributed by atoms with Gasteiger partial charge in [-0.05, 0) is 35.4 Å². The van der Waals surface area contributed by atoms with E-state index in [1.807, 2.05) is 42.5 Å². The molecule has 152 valence electrons. The lowest BCUT2D eigenvalue weighted by molar-refractivity contribution is -0.131. The third-order valence-electron chi connectivity index (χ3n) is 4.31. The van der Waals surface area contributed by atoms with Crippen molar-refractivity contribution in [2.45, 2.75) is 19.9 Å². The fraction of sp³-hybridized carbons (Fsp3) is 0.125. The Morgan fingerprint density at radius 3 is 2.37 bits per heavy atom. The van der Waals surface area contributed by atoms with E-state index in [0.717, 1.165) is 11.1 Å². The molecule has 0 aliphatic carbocycles. The second kappa shape index (κ2) is 10.0. The summed E-state index contributed by atoms with van der Waals surface area (Å²) in [6.45, 7) is 1.59. The number of hydrogen-bond donors (Lipinski definition) is 2. The molecule has 0 fully saturated rings. The van der Waals surface area contributed by atoms with Crippen LogP contribution in [-0.2, 0) is 22.6 Å². The van der Waals surface area contributed by atoms with E-state index in [4.69, 9.17) is 4.74 Å². The second-order valence-electron chi connectivity index (χ2n) is 6.67. The summed E-state index contributed by atoms with van der Waals surface area (Å²) in [6, 6.07) is 23.1. The lowest BCUT2D eigenvalue weighted by Crippen LogP contribution is -2.25. The van der Waals surface area contributed by atoms with Gasteiger partial charge in [-0.25, -0.2) is 0 Å². The lowest BCUT2D eigenvalue weighted by atomic mass is 10.1. The molecular formula is C24H22N2O4. The van der Waals surface area contributed by atoms with Crippen LogP contribution in [0.4, 0.5) is 5.69 Å². The Bertz CT molecular complexity index is 1050. The second-order valence-corrected chi connectivity index (χ2v) is 6.67. The first-order chi connectivity index (χ1) is 14.5.